The van der Waals surface area contributed by atoms with E-state index in [1.54, 1.807) is 32.7 Å². The second-order valence-corrected chi connectivity index (χ2v) is 6.94. The molecule has 4 nitrogen and oxygen atoms in total. The molecule has 132 valence electrons. The third-order valence-corrected chi connectivity index (χ3v) is 3.62. The van der Waals surface area contributed by atoms with E-state index in [0.29, 0.717) is 12.2 Å². The quantitative estimate of drug-likeness (QED) is 0.315. The van der Waals surface area contributed by atoms with Crippen LogP contribution in [0.25, 0.3) is 0 Å². The van der Waals surface area contributed by atoms with Crippen LogP contribution in [0.4, 0.5) is 5.69 Å². The van der Waals surface area contributed by atoms with Crippen LogP contribution in [0.5, 0.6) is 0 Å². The number of allylic oxidation sites excluding steroid dienone is 1. The molecule has 0 radical (unpaired) electrons. The van der Waals surface area contributed by atoms with E-state index in [1.807, 2.05) is 30.3 Å². The summed E-state index contributed by atoms with van der Waals surface area (Å²) in [5, 5.41) is 0. The fourth-order valence-electron chi connectivity index (χ4n) is 1.99. The van der Waals surface area contributed by atoms with Crippen molar-refractivity contribution in [2.24, 2.45) is 5.41 Å². The van der Waals surface area contributed by atoms with Crippen molar-refractivity contribution in [3.8, 4) is 0 Å². The molecule has 0 heterocycles. The molecule has 1 aromatic rings. The number of likely N-dealkylation sites (N-methyl/N-ethyl adjacent to an activating group) is 1. The molecule has 0 N–H and O–H groups in total. The lowest BCUT2D eigenvalue weighted by atomic mass is 9.97. The van der Waals surface area contributed by atoms with Gasteiger partial charge < -0.3 is 9.64 Å². The highest BCUT2D eigenvalue weighted by molar-refractivity contribution is 6.01. The second kappa shape index (κ2) is 9.26. The van der Waals surface area contributed by atoms with Crippen molar-refractivity contribution in [3.63, 3.8) is 0 Å². The van der Waals surface area contributed by atoms with E-state index in [1.165, 1.54) is 6.08 Å². The predicted molar refractivity (Wildman–Crippen MR) is 97.6 cm³/mol. The zero-order valence-corrected chi connectivity index (χ0v) is 15.5. The minimum atomic E-state index is -0.599. The Bertz CT molecular complexity index is 570. The van der Waals surface area contributed by atoms with E-state index in [0.717, 1.165) is 24.9 Å². The molecule has 24 heavy (non-hydrogen) atoms. The van der Waals surface area contributed by atoms with Crippen LogP contribution in [0.3, 0.4) is 0 Å². The minimum Gasteiger partial charge on any atom is -0.430 e. The first-order valence-corrected chi connectivity index (χ1v) is 8.51. The standard InChI is InChI=1S/C20H29NO3/c1-6-7-9-14-17(24-19(23)20(2,3)4)15-18(22)21(5)16-12-10-8-11-13-16/h8,10-13,15H,6-7,9,14H2,1-5H3/b17-15+. The number of rotatable bonds is 7. The number of esters is 1. The third kappa shape index (κ3) is 6.57. The highest BCUT2D eigenvalue weighted by atomic mass is 16.5. The summed E-state index contributed by atoms with van der Waals surface area (Å²) in [6.07, 6.45) is 5.02. The lowest BCUT2D eigenvalue weighted by Crippen LogP contribution is -2.26. The number of benzene rings is 1. The number of hydrogen-bond donors (Lipinski definition) is 0. The molecule has 1 rings (SSSR count). The maximum atomic E-state index is 12.5. The molecule has 1 aromatic carbocycles. The van der Waals surface area contributed by atoms with Crippen LogP contribution in [0.1, 0.15) is 53.4 Å². The van der Waals surface area contributed by atoms with Gasteiger partial charge in [0.15, 0.2) is 0 Å². The smallest absolute Gasteiger partial charge is 0.316 e. The van der Waals surface area contributed by atoms with Gasteiger partial charge in [0, 0.05) is 25.2 Å². The second-order valence-electron chi connectivity index (χ2n) is 6.94. The minimum absolute atomic E-state index is 0.200. The van der Waals surface area contributed by atoms with Crippen molar-refractivity contribution >= 4 is 17.6 Å². The van der Waals surface area contributed by atoms with Crippen LogP contribution in [0.2, 0.25) is 0 Å². The number of anilines is 1. The molecule has 0 fully saturated rings. The van der Waals surface area contributed by atoms with Gasteiger partial charge in [0.05, 0.1) is 5.41 Å². The van der Waals surface area contributed by atoms with Crippen molar-refractivity contribution in [1.29, 1.82) is 0 Å². The zero-order valence-electron chi connectivity index (χ0n) is 15.5. The Morgan fingerprint density at radius 1 is 1.12 bits per heavy atom. The van der Waals surface area contributed by atoms with E-state index in [-0.39, 0.29) is 11.9 Å². The van der Waals surface area contributed by atoms with Gasteiger partial charge in [-0.3, -0.25) is 9.59 Å². The zero-order chi connectivity index (χ0) is 18.2. The first-order valence-electron chi connectivity index (χ1n) is 8.51. The van der Waals surface area contributed by atoms with Crippen molar-refractivity contribution in [2.75, 3.05) is 11.9 Å². The predicted octanol–water partition coefficient (Wildman–Crippen LogP) is 4.70. The van der Waals surface area contributed by atoms with Crippen LogP contribution in [-0.4, -0.2) is 18.9 Å². The first kappa shape index (κ1) is 19.9. The van der Waals surface area contributed by atoms with Gasteiger partial charge >= 0.3 is 5.97 Å². The Balaban J connectivity index is 2.89. The molecular weight excluding hydrogens is 302 g/mol. The van der Waals surface area contributed by atoms with Gasteiger partial charge in [0.2, 0.25) is 0 Å². The van der Waals surface area contributed by atoms with E-state index >= 15 is 0 Å². The molecule has 4 heteroatoms. The molecular formula is C20H29NO3. The summed E-state index contributed by atoms with van der Waals surface area (Å²) in [5.74, 6) is -0.0778. The van der Waals surface area contributed by atoms with Gasteiger partial charge in [0.1, 0.15) is 5.76 Å². The summed E-state index contributed by atoms with van der Waals surface area (Å²) in [6.45, 7) is 7.52. The fraction of sp³-hybridized carbons (Fsp3) is 0.500. The summed E-state index contributed by atoms with van der Waals surface area (Å²) < 4.78 is 5.49. The lowest BCUT2D eigenvalue weighted by Gasteiger charge is -2.19. The highest BCUT2D eigenvalue weighted by Gasteiger charge is 2.25. The summed E-state index contributed by atoms with van der Waals surface area (Å²) in [6, 6.07) is 9.39. The molecule has 0 saturated heterocycles. The molecule has 0 atom stereocenters. The molecule has 0 aliphatic carbocycles. The number of nitrogens with zero attached hydrogens (tertiary/aromatic N) is 1. The summed E-state index contributed by atoms with van der Waals surface area (Å²) >= 11 is 0. The Hall–Kier alpha value is -2.10. The van der Waals surface area contributed by atoms with E-state index in [4.69, 9.17) is 4.74 Å². The molecule has 1 amide bonds. The number of unbranched alkanes of at least 4 members (excludes halogenated alkanes) is 2. The number of ether oxygens (including phenoxy) is 1. The molecule has 0 unspecified atom stereocenters. The normalized spacial score (nSPS) is 12.0. The molecule has 0 aromatic heterocycles. The van der Waals surface area contributed by atoms with Crippen LogP contribution >= 0.6 is 0 Å². The van der Waals surface area contributed by atoms with E-state index in [2.05, 4.69) is 6.92 Å². The SMILES string of the molecule is CCCCC/C(=C\C(=O)N(C)c1ccccc1)OC(=O)C(C)(C)C. The third-order valence-electron chi connectivity index (χ3n) is 3.62. The molecule has 0 spiro atoms. The molecule has 0 saturated carbocycles. The number of para-hydroxylation sites is 1. The van der Waals surface area contributed by atoms with Gasteiger partial charge in [-0.25, -0.2) is 0 Å². The molecule has 0 aliphatic rings. The van der Waals surface area contributed by atoms with Gasteiger partial charge in [-0.15, -0.1) is 0 Å². The maximum Gasteiger partial charge on any atom is 0.316 e. The van der Waals surface area contributed by atoms with Crippen molar-refractivity contribution in [3.05, 3.63) is 42.2 Å². The topological polar surface area (TPSA) is 46.6 Å². The summed E-state index contributed by atoms with van der Waals surface area (Å²) in [7, 11) is 1.71. The van der Waals surface area contributed by atoms with Crippen molar-refractivity contribution < 1.29 is 14.3 Å². The maximum absolute atomic E-state index is 12.5. The monoisotopic (exact) mass is 331 g/mol. The number of amides is 1. The number of hydrogen-bond acceptors (Lipinski definition) is 3. The fourth-order valence-corrected chi connectivity index (χ4v) is 1.99. The van der Waals surface area contributed by atoms with E-state index < -0.39 is 5.41 Å². The Kier molecular flexibility index (Phi) is 7.69. The van der Waals surface area contributed by atoms with Gasteiger partial charge in [-0.05, 0) is 39.3 Å². The largest absolute Gasteiger partial charge is 0.430 e. The van der Waals surface area contributed by atoms with Crippen molar-refractivity contribution in [1.82, 2.24) is 0 Å². The molecule has 0 aliphatic heterocycles. The van der Waals surface area contributed by atoms with Crippen LogP contribution < -0.4 is 4.90 Å². The number of carbonyl (C=O) groups excluding carboxylic acids is 2. The Morgan fingerprint density at radius 3 is 2.29 bits per heavy atom. The summed E-state index contributed by atoms with van der Waals surface area (Å²) in [4.78, 5) is 26.2. The average Bonchev–Trinajstić information content (AvgIpc) is 2.54. The van der Waals surface area contributed by atoms with Gasteiger partial charge in [-0.2, -0.15) is 0 Å². The molecule has 0 bridgehead atoms. The van der Waals surface area contributed by atoms with Crippen molar-refractivity contribution in [2.45, 2.75) is 53.4 Å². The van der Waals surface area contributed by atoms with Crippen LogP contribution in [0.15, 0.2) is 42.2 Å². The van der Waals surface area contributed by atoms with Crippen LogP contribution in [0, 0.1) is 5.41 Å². The highest BCUT2D eigenvalue weighted by Crippen LogP contribution is 2.21. The van der Waals surface area contributed by atoms with Gasteiger partial charge in [0.25, 0.3) is 5.91 Å². The average molecular weight is 331 g/mol. The Morgan fingerprint density at radius 2 is 1.75 bits per heavy atom. The summed E-state index contributed by atoms with van der Waals surface area (Å²) in [5.41, 5.74) is 0.201. The number of carbonyl (C=O) groups is 2. The first-order chi connectivity index (χ1) is 11.3. The van der Waals surface area contributed by atoms with Gasteiger partial charge in [-0.1, -0.05) is 38.0 Å². The Labute approximate surface area is 145 Å². The van der Waals surface area contributed by atoms with E-state index in [9.17, 15) is 9.59 Å². The lowest BCUT2D eigenvalue weighted by molar-refractivity contribution is -0.148. The van der Waals surface area contributed by atoms with Crippen LogP contribution in [-0.2, 0) is 14.3 Å².